The first-order valence-corrected chi connectivity index (χ1v) is 7.32. The van der Waals surface area contributed by atoms with Crippen molar-refractivity contribution in [2.45, 2.75) is 51.6 Å². The molecule has 0 bridgehead atoms. The van der Waals surface area contributed by atoms with Crippen molar-refractivity contribution < 1.29 is 9.53 Å². The molecule has 0 saturated heterocycles. The number of nitrogens with zero attached hydrogens (tertiary/aromatic N) is 1. The number of benzene rings is 1. The fraction of sp³-hybridized carbons (Fsp3) is 0.562. The van der Waals surface area contributed by atoms with Gasteiger partial charge in [0, 0.05) is 16.2 Å². The van der Waals surface area contributed by atoms with Gasteiger partial charge in [0.1, 0.15) is 6.04 Å². The first-order chi connectivity index (χ1) is 9.27. The van der Waals surface area contributed by atoms with E-state index in [4.69, 9.17) is 16.3 Å². The quantitative estimate of drug-likeness (QED) is 0.773. The zero-order chi connectivity index (χ0) is 15.1. The van der Waals surface area contributed by atoms with E-state index in [2.05, 4.69) is 31.7 Å². The van der Waals surface area contributed by atoms with Crippen LogP contribution in [0.1, 0.15) is 45.6 Å². The van der Waals surface area contributed by atoms with E-state index < -0.39 is 0 Å². The predicted molar refractivity (Wildman–Crippen MR) is 82.5 cm³/mol. The van der Waals surface area contributed by atoms with Gasteiger partial charge in [0.2, 0.25) is 0 Å². The number of rotatable bonds is 2. The number of esters is 1. The zero-order valence-corrected chi connectivity index (χ0v) is 13.5. The third-order valence-electron chi connectivity index (χ3n) is 4.17. The number of hydrogen-bond acceptors (Lipinski definition) is 3. The molecule has 3 nitrogen and oxygen atoms in total. The van der Waals surface area contributed by atoms with E-state index in [-0.39, 0.29) is 17.6 Å². The molecule has 0 spiro atoms. The lowest BCUT2D eigenvalue weighted by Gasteiger charge is -2.49. The SMILES string of the molecule is COC(=O)C(C)N1c2cc(Cl)ccc2C(C)CC1(C)C. The fourth-order valence-corrected chi connectivity index (χ4v) is 3.60. The van der Waals surface area contributed by atoms with E-state index in [1.54, 1.807) is 0 Å². The van der Waals surface area contributed by atoms with Crippen molar-refractivity contribution in [1.82, 2.24) is 0 Å². The van der Waals surface area contributed by atoms with Gasteiger partial charge < -0.3 is 9.64 Å². The van der Waals surface area contributed by atoms with Crippen LogP contribution in [-0.2, 0) is 9.53 Å². The van der Waals surface area contributed by atoms with E-state index in [0.717, 1.165) is 12.1 Å². The standard InChI is InChI=1S/C16H22ClNO2/c1-10-9-16(3,4)18(11(2)15(19)20-5)14-8-12(17)6-7-13(10)14/h6-8,10-11H,9H2,1-5H3. The summed E-state index contributed by atoms with van der Waals surface area (Å²) in [5.41, 5.74) is 2.16. The molecule has 0 aliphatic carbocycles. The maximum Gasteiger partial charge on any atom is 0.328 e. The van der Waals surface area contributed by atoms with Crippen LogP contribution in [0.3, 0.4) is 0 Å². The summed E-state index contributed by atoms with van der Waals surface area (Å²) >= 11 is 6.16. The van der Waals surface area contributed by atoms with Gasteiger partial charge in [-0.15, -0.1) is 0 Å². The van der Waals surface area contributed by atoms with E-state index in [1.807, 2.05) is 19.1 Å². The molecule has 0 fully saturated rings. The van der Waals surface area contributed by atoms with Gasteiger partial charge in [0.15, 0.2) is 0 Å². The van der Waals surface area contributed by atoms with Crippen molar-refractivity contribution in [3.63, 3.8) is 0 Å². The molecule has 1 aromatic carbocycles. The molecule has 1 aliphatic heterocycles. The summed E-state index contributed by atoms with van der Waals surface area (Å²) in [5, 5.41) is 0.690. The summed E-state index contributed by atoms with van der Waals surface area (Å²) in [6.07, 6.45) is 0.989. The molecule has 0 amide bonds. The van der Waals surface area contributed by atoms with Crippen molar-refractivity contribution >= 4 is 23.3 Å². The molecule has 20 heavy (non-hydrogen) atoms. The number of ether oxygens (including phenoxy) is 1. The van der Waals surface area contributed by atoms with Crippen LogP contribution in [0, 0.1) is 0 Å². The molecule has 0 N–H and O–H groups in total. The third kappa shape index (κ3) is 2.51. The maximum absolute atomic E-state index is 12.0. The van der Waals surface area contributed by atoms with Gasteiger partial charge in [-0.25, -0.2) is 4.79 Å². The van der Waals surface area contributed by atoms with E-state index in [9.17, 15) is 4.79 Å². The van der Waals surface area contributed by atoms with Crippen molar-refractivity contribution in [2.75, 3.05) is 12.0 Å². The molecule has 1 aliphatic rings. The lowest BCUT2D eigenvalue weighted by molar-refractivity contribution is -0.142. The van der Waals surface area contributed by atoms with Gasteiger partial charge in [-0.1, -0.05) is 24.6 Å². The van der Waals surface area contributed by atoms with Crippen molar-refractivity contribution in [1.29, 1.82) is 0 Å². The number of halogens is 1. The molecule has 1 aromatic rings. The summed E-state index contributed by atoms with van der Waals surface area (Å²) in [4.78, 5) is 14.1. The Kier molecular flexibility index (Phi) is 4.01. The molecule has 0 aromatic heterocycles. The highest BCUT2D eigenvalue weighted by Crippen LogP contribution is 2.45. The molecule has 1 heterocycles. The number of anilines is 1. The van der Waals surface area contributed by atoms with Crippen molar-refractivity contribution in [3.8, 4) is 0 Å². The normalized spacial score (nSPS) is 22.1. The highest BCUT2D eigenvalue weighted by Gasteiger charge is 2.41. The summed E-state index contributed by atoms with van der Waals surface area (Å²) in [5.74, 6) is 0.219. The number of methoxy groups -OCH3 is 1. The minimum atomic E-state index is -0.334. The van der Waals surface area contributed by atoms with Crippen molar-refractivity contribution in [2.24, 2.45) is 0 Å². The summed E-state index contributed by atoms with van der Waals surface area (Å²) in [6, 6.07) is 5.60. The summed E-state index contributed by atoms with van der Waals surface area (Å²) in [6.45, 7) is 8.42. The van der Waals surface area contributed by atoms with Crippen LogP contribution in [0.25, 0.3) is 0 Å². The molecular formula is C16H22ClNO2. The van der Waals surface area contributed by atoms with Crippen LogP contribution >= 0.6 is 11.6 Å². The fourth-order valence-electron chi connectivity index (χ4n) is 3.43. The third-order valence-corrected chi connectivity index (χ3v) is 4.41. The summed E-state index contributed by atoms with van der Waals surface area (Å²) in [7, 11) is 1.43. The Morgan fingerprint density at radius 1 is 1.50 bits per heavy atom. The van der Waals surface area contributed by atoms with Gasteiger partial charge in [0.05, 0.1) is 7.11 Å². The first kappa shape index (κ1) is 15.2. The molecule has 110 valence electrons. The monoisotopic (exact) mass is 295 g/mol. The highest BCUT2D eigenvalue weighted by molar-refractivity contribution is 6.30. The van der Waals surface area contributed by atoms with Gasteiger partial charge in [0.25, 0.3) is 0 Å². The average molecular weight is 296 g/mol. The van der Waals surface area contributed by atoms with Crippen LogP contribution in [0.15, 0.2) is 18.2 Å². The minimum absolute atomic E-state index is 0.120. The summed E-state index contributed by atoms with van der Waals surface area (Å²) < 4.78 is 4.92. The Labute approximate surface area is 125 Å². The smallest absolute Gasteiger partial charge is 0.328 e. The van der Waals surface area contributed by atoms with Crippen LogP contribution in [-0.4, -0.2) is 24.7 Å². The molecule has 4 heteroatoms. The van der Waals surface area contributed by atoms with Gasteiger partial charge in [-0.2, -0.15) is 0 Å². The average Bonchev–Trinajstić information content (AvgIpc) is 2.35. The topological polar surface area (TPSA) is 29.5 Å². The second kappa shape index (κ2) is 5.28. The zero-order valence-electron chi connectivity index (χ0n) is 12.7. The molecule has 2 atom stereocenters. The van der Waals surface area contributed by atoms with Gasteiger partial charge >= 0.3 is 5.97 Å². The van der Waals surface area contributed by atoms with Gasteiger partial charge in [-0.05, 0) is 50.8 Å². The Bertz CT molecular complexity index is 527. The number of hydrogen-bond donors (Lipinski definition) is 0. The van der Waals surface area contributed by atoms with Gasteiger partial charge in [-0.3, -0.25) is 0 Å². The Hall–Kier alpha value is -1.22. The lowest BCUT2D eigenvalue weighted by atomic mass is 9.79. The second-order valence-corrected chi connectivity index (χ2v) is 6.63. The van der Waals surface area contributed by atoms with Crippen LogP contribution in [0.2, 0.25) is 5.02 Å². The molecule has 2 unspecified atom stereocenters. The Balaban J connectivity index is 2.56. The van der Waals surface area contributed by atoms with Crippen LogP contribution < -0.4 is 4.90 Å². The molecule has 0 saturated carbocycles. The molecular weight excluding hydrogens is 274 g/mol. The highest BCUT2D eigenvalue weighted by atomic mass is 35.5. The number of fused-ring (bicyclic) bond motifs is 1. The van der Waals surface area contributed by atoms with E-state index in [1.165, 1.54) is 12.7 Å². The number of carbonyl (C=O) groups is 1. The van der Waals surface area contributed by atoms with E-state index in [0.29, 0.717) is 10.9 Å². The van der Waals surface area contributed by atoms with E-state index >= 15 is 0 Å². The maximum atomic E-state index is 12.0. The Morgan fingerprint density at radius 3 is 2.75 bits per heavy atom. The predicted octanol–water partition coefficient (Wildman–Crippen LogP) is 3.99. The lowest BCUT2D eigenvalue weighted by Crippen LogP contribution is -2.55. The largest absolute Gasteiger partial charge is 0.467 e. The minimum Gasteiger partial charge on any atom is -0.467 e. The first-order valence-electron chi connectivity index (χ1n) is 6.94. The second-order valence-electron chi connectivity index (χ2n) is 6.19. The van der Waals surface area contributed by atoms with Crippen molar-refractivity contribution in [3.05, 3.63) is 28.8 Å². The molecule has 0 radical (unpaired) electrons. The number of carbonyl (C=O) groups excluding carboxylic acids is 1. The molecule has 2 rings (SSSR count). The van der Waals surface area contributed by atoms with Crippen LogP contribution in [0.5, 0.6) is 0 Å². The van der Waals surface area contributed by atoms with Crippen LogP contribution in [0.4, 0.5) is 5.69 Å². The Morgan fingerprint density at radius 2 is 2.15 bits per heavy atom.